The maximum Gasteiger partial charge on any atom is 0.222 e. The molecule has 2 heterocycles. The van der Waals surface area contributed by atoms with Crippen LogP contribution in [0.15, 0.2) is 0 Å². The lowest BCUT2D eigenvalue weighted by molar-refractivity contribution is -0.133. The molecule has 0 spiro atoms. The van der Waals surface area contributed by atoms with Gasteiger partial charge < -0.3 is 10.2 Å². The molecule has 0 radical (unpaired) electrons. The van der Waals surface area contributed by atoms with Gasteiger partial charge in [-0.3, -0.25) is 9.48 Å². The predicted octanol–water partition coefficient (Wildman–Crippen LogP) is 1.28. The number of piperidine rings is 1. The van der Waals surface area contributed by atoms with Gasteiger partial charge in [0.2, 0.25) is 5.91 Å². The van der Waals surface area contributed by atoms with Crippen LogP contribution in [-0.4, -0.2) is 34.2 Å². The number of anilines is 1. The topological polar surface area (TPSA) is 50.2 Å². The van der Waals surface area contributed by atoms with Gasteiger partial charge >= 0.3 is 0 Å². The highest BCUT2D eigenvalue weighted by Crippen LogP contribution is 2.22. The zero-order chi connectivity index (χ0) is 12.4. The van der Waals surface area contributed by atoms with Crippen molar-refractivity contribution >= 4 is 11.7 Å². The monoisotopic (exact) mass is 236 g/mol. The molecule has 1 saturated heterocycles. The fraction of sp³-hybridized carbons (Fsp3) is 0.667. The lowest BCUT2D eigenvalue weighted by Gasteiger charge is -2.26. The molecule has 1 aliphatic heterocycles. The molecule has 5 nitrogen and oxygen atoms in total. The molecule has 0 aromatic carbocycles. The predicted molar refractivity (Wildman–Crippen MR) is 66.8 cm³/mol. The summed E-state index contributed by atoms with van der Waals surface area (Å²) in [4.78, 5) is 13.7. The molecule has 0 saturated carbocycles. The van der Waals surface area contributed by atoms with Crippen molar-refractivity contribution < 1.29 is 4.79 Å². The summed E-state index contributed by atoms with van der Waals surface area (Å²) < 4.78 is 1.83. The third-order valence-electron chi connectivity index (χ3n) is 3.35. The van der Waals surface area contributed by atoms with Crippen LogP contribution in [0.5, 0.6) is 0 Å². The molecular weight excluding hydrogens is 216 g/mol. The molecule has 0 aliphatic carbocycles. The SMILES string of the molecule is CNc1c(CN2CCCCC2=O)c(C)nn1C. The Morgan fingerprint density at radius 3 is 2.82 bits per heavy atom. The maximum absolute atomic E-state index is 11.8. The van der Waals surface area contributed by atoms with Crippen LogP contribution in [-0.2, 0) is 18.4 Å². The second-order valence-electron chi connectivity index (χ2n) is 4.56. The van der Waals surface area contributed by atoms with E-state index < -0.39 is 0 Å². The Bertz CT molecular complexity index is 424. The van der Waals surface area contributed by atoms with E-state index in [0.717, 1.165) is 36.5 Å². The van der Waals surface area contributed by atoms with E-state index in [1.165, 1.54) is 0 Å². The first kappa shape index (κ1) is 12.0. The van der Waals surface area contributed by atoms with Crippen molar-refractivity contribution in [3.05, 3.63) is 11.3 Å². The largest absolute Gasteiger partial charge is 0.373 e. The van der Waals surface area contributed by atoms with Gasteiger partial charge in [-0.25, -0.2) is 0 Å². The highest BCUT2D eigenvalue weighted by atomic mass is 16.2. The van der Waals surface area contributed by atoms with E-state index in [2.05, 4.69) is 10.4 Å². The second kappa shape index (κ2) is 4.77. The molecule has 1 fully saturated rings. The number of rotatable bonds is 3. The van der Waals surface area contributed by atoms with Gasteiger partial charge in [-0.05, 0) is 19.8 Å². The third kappa shape index (κ3) is 2.28. The first-order valence-corrected chi connectivity index (χ1v) is 6.11. The number of nitrogens with zero attached hydrogens (tertiary/aromatic N) is 3. The van der Waals surface area contributed by atoms with Gasteiger partial charge in [0.25, 0.3) is 0 Å². The van der Waals surface area contributed by atoms with E-state index in [1.807, 2.05) is 30.6 Å². The number of hydrogen-bond acceptors (Lipinski definition) is 3. The van der Waals surface area contributed by atoms with Crippen LogP contribution in [0.2, 0.25) is 0 Å². The molecule has 94 valence electrons. The van der Waals surface area contributed by atoms with Crippen LogP contribution in [0, 0.1) is 6.92 Å². The lowest BCUT2D eigenvalue weighted by Crippen LogP contribution is -2.34. The maximum atomic E-state index is 11.8. The summed E-state index contributed by atoms with van der Waals surface area (Å²) in [6, 6.07) is 0. The third-order valence-corrected chi connectivity index (χ3v) is 3.35. The van der Waals surface area contributed by atoms with E-state index in [9.17, 15) is 4.79 Å². The molecule has 1 N–H and O–H groups in total. The molecular formula is C12H20N4O. The first-order valence-electron chi connectivity index (χ1n) is 6.11. The number of amides is 1. The van der Waals surface area contributed by atoms with Crippen molar-refractivity contribution in [1.29, 1.82) is 0 Å². The molecule has 17 heavy (non-hydrogen) atoms. The smallest absolute Gasteiger partial charge is 0.222 e. The van der Waals surface area contributed by atoms with Gasteiger partial charge in [0.15, 0.2) is 0 Å². The van der Waals surface area contributed by atoms with Crippen LogP contribution in [0.4, 0.5) is 5.82 Å². The van der Waals surface area contributed by atoms with Crippen molar-refractivity contribution in [3.8, 4) is 0 Å². The molecule has 0 atom stereocenters. The molecule has 1 aromatic rings. The number of nitrogens with one attached hydrogen (secondary N) is 1. The van der Waals surface area contributed by atoms with Crippen molar-refractivity contribution in [2.24, 2.45) is 7.05 Å². The van der Waals surface area contributed by atoms with Crippen LogP contribution in [0.25, 0.3) is 0 Å². The number of aromatic nitrogens is 2. The number of carbonyl (C=O) groups is 1. The normalized spacial score (nSPS) is 16.4. The number of hydrogen-bond donors (Lipinski definition) is 1. The Balaban J connectivity index is 2.20. The van der Waals surface area contributed by atoms with Crippen LogP contribution < -0.4 is 5.32 Å². The minimum absolute atomic E-state index is 0.265. The summed E-state index contributed by atoms with van der Waals surface area (Å²) in [6.07, 6.45) is 2.83. The molecule has 5 heteroatoms. The van der Waals surface area contributed by atoms with E-state index in [4.69, 9.17) is 0 Å². The molecule has 0 unspecified atom stereocenters. The quantitative estimate of drug-likeness (QED) is 0.860. The minimum Gasteiger partial charge on any atom is -0.373 e. The van der Waals surface area contributed by atoms with Crippen molar-refractivity contribution in [1.82, 2.24) is 14.7 Å². The Labute approximate surface area is 102 Å². The number of carbonyl (C=O) groups excluding carboxylic acids is 1. The van der Waals surface area contributed by atoms with Crippen LogP contribution in [0.3, 0.4) is 0 Å². The molecule has 1 aromatic heterocycles. The van der Waals surface area contributed by atoms with Gasteiger partial charge in [-0.1, -0.05) is 0 Å². The van der Waals surface area contributed by atoms with Crippen LogP contribution in [0.1, 0.15) is 30.5 Å². The van der Waals surface area contributed by atoms with Gasteiger partial charge in [-0.2, -0.15) is 5.10 Å². The van der Waals surface area contributed by atoms with E-state index in [-0.39, 0.29) is 5.91 Å². The highest BCUT2D eigenvalue weighted by Gasteiger charge is 2.21. The summed E-state index contributed by atoms with van der Waals surface area (Å²) in [6.45, 7) is 3.54. The summed E-state index contributed by atoms with van der Waals surface area (Å²) in [5, 5.41) is 7.54. The van der Waals surface area contributed by atoms with E-state index >= 15 is 0 Å². The average molecular weight is 236 g/mol. The summed E-state index contributed by atoms with van der Waals surface area (Å²) in [5.74, 6) is 1.27. The first-order chi connectivity index (χ1) is 8.13. The zero-order valence-electron chi connectivity index (χ0n) is 10.8. The fourth-order valence-corrected chi connectivity index (χ4v) is 2.42. The summed E-state index contributed by atoms with van der Waals surface area (Å²) in [5.41, 5.74) is 2.13. The number of likely N-dealkylation sites (tertiary alicyclic amines) is 1. The van der Waals surface area contributed by atoms with Gasteiger partial charge in [0.1, 0.15) is 5.82 Å². The lowest BCUT2D eigenvalue weighted by atomic mass is 10.1. The van der Waals surface area contributed by atoms with E-state index in [1.54, 1.807) is 0 Å². The molecule has 2 rings (SSSR count). The Morgan fingerprint density at radius 2 is 2.18 bits per heavy atom. The van der Waals surface area contributed by atoms with Gasteiger partial charge in [0.05, 0.1) is 12.2 Å². The fourth-order valence-electron chi connectivity index (χ4n) is 2.42. The summed E-state index contributed by atoms with van der Waals surface area (Å²) >= 11 is 0. The standard InChI is InChI=1S/C12H20N4O/c1-9-10(12(13-2)15(3)14-9)8-16-7-5-4-6-11(16)17/h13H,4-8H2,1-3H3. The van der Waals surface area contributed by atoms with Crippen molar-refractivity contribution in [2.75, 3.05) is 18.9 Å². The molecule has 1 amide bonds. The Hall–Kier alpha value is -1.52. The van der Waals surface area contributed by atoms with E-state index in [0.29, 0.717) is 13.0 Å². The summed E-state index contributed by atoms with van der Waals surface area (Å²) in [7, 11) is 3.80. The Kier molecular flexibility index (Phi) is 3.36. The molecule has 1 aliphatic rings. The Morgan fingerprint density at radius 1 is 1.41 bits per heavy atom. The van der Waals surface area contributed by atoms with Crippen molar-refractivity contribution in [3.63, 3.8) is 0 Å². The zero-order valence-corrected chi connectivity index (χ0v) is 10.8. The minimum atomic E-state index is 0.265. The van der Waals surface area contributed by atoms with Crippen molar-refractivity contribution in [2.45, 2.75) is 32.7 Å². The second-order valence-corrected chi connectivity index (χ2v) is 4.56. The van der Waals surface area contributed by atoms with Gasteiger partial charge in [-0.15, -0.1) is 0 Å². The van der Waals surface area contributed by atoms with Crippen LogP contribution >= 0.6 is 0 Å². The van der Waals surface area contributed by atoms with Gasteiger partial charge in [0, 0.05) is 32.6 Å². The molecule has 0 bridgehead atoms. The number of aryl methyl sites for hydroxylation is 2. The highest BCUT2D eigenvalue weighted by molar-refractivity contribution is 5.77. The average Bonchev–Trinajstić information content (AvgIpc) is 2.56.